The molecule has 1 saturated heterocycles. The molecule has 1 saturated carbocycles. The standard InChI is InChI=1S/C21H34N2O/c1-17-7-6-10-20(15-17)22-16-21(11-13-24-14-12-21)23-18(2)19-8-4-3-5-9-19/h3-5,8-9,17-18,20,22-23H,6-7,10-16H2,1-2H3/t17-,18-,20+/m1/s1. The number of nitrogens with one attached hydrogen (secondary N) is 2. The maximum absolute atomic E-state index is 5.65. The fraction of sp³-hybridized carbons (Fsp3) is 0.714. The molecule has 2 N–H and O–H groups in total. The Bertz CT molecular complexity index is 484. The van der Waals surface area contributed by atoms with Gasteiger partial charge < -0.3 is 15.4 Å². The van der Waals surface area contributed by atoms with Gasteiger partial charge in [0.1, 0.15) is 0 Å². The lowest BCUT2D eigenvalue weighted by molar-refractivity contribution is 0.0318. The van der Waals surface area contributed by atoms with Crippen LogP contribution in [0.2, 0.25) is 0 Å². The molecule has 0 unspecified atom stereocenters. The van der Waals surface area contributed by atoms with E-state index in [1.165, 1.54) is 31.2 Å². The van der Waals surface area contributed by atoms with Crippen LogP contribution in [-0.2, 0) is 4.74 Å². The Morgan fingerprint density at radius 2 is 1.92 bits per heavy atom. The van der Waals surface area contributed by atoms with E-state index in [2.05, 4.69) is 54.8 Å². The second kappa shape index (κ2) is 8.46. The van der Waals surface area contributed by atoms with Gasteiger partial charge in [0.05, 0.1) is 0 Å². The van der Waals surface area contributed by atoms with Gasteiger partial charge in [-0.05, 0) is 44.1 Å². The van der Waals surface area contributed by atoms with Gasteiger partial charge in [0.2, 0.25) is 0 Å². The fourth-order valence-electron chi connectivity index (χ4n) is 4.38. The Kier molecular flexibility index (Phi) is 6.31. The Hall–Kier alpha value is -0.900. The summed E-state index contributed by atoms with van der Waals surface area (Å²) in [6, 6.07) is 11.9. The van der Waals surface area contributed by atoms with Crippen LogP contribution in [0.4, 0.5) is 0 Å². The predicted molar refractivity (Wildman–Crippen MR) is 100 cm³/mol. The van der Waals surface area contributed by atoms with Gasteiger partial charge >= 0.3 is 0 Å². The van der Waals surface area contributed by atoms with Crippen molar-refractivity contribution in [1.29, 1.82) is 0 Å². The molecule has 24 heavy (non-hydrogen) atoms. The van der Waals surface area contributed by atoms with Crippen LogP contribution in [0.25, 0.3) is 0 Å². The minimum Gasteiger partial charge on any atom is -0.381 e. The summed E-state index contributed by atoms with van der Waals surface area (Å²) < 4.78 is 5.65. The van der Waals surface area contributed by atoms with Crippen LogP contribution >= 0.6 is 0 Å². The number of ether oxygens (including phenoxy) is 1. The minimum absolute atomic E-state index is 0.161. The average molecular weight is 331 g/mol. The maximum Gasteiger partial charge on any atom is 0.0484 e. The van der Waals surface area contributed by atoms with Crippen LogP contribution in [0.15, 0.2) is 30.3 Å². The number of hydrogen-bond donors (Lipinski definition) is 2. The number of benzene rings is 1. The Morgan fingerprint density at radius 3 is 2.62 bits per heavy atom. The van der Waals surface area contributed by atoms with Crippen molar-refractivity contribution in [1.82, 2.24) is 10.6 Å². The van der Waals surface area contributed by atoms with Gasteiger partial charge in [-0.15, -0.1) is 0 Å². The highest BCUT2D eigenvalue weighted by Gasteiger charge is 2.34. The summed E-state index contributed by atoms with van der Waals surface area (Å²) >= 11 is 0. The highest BCUT2D eigenvalue weighted by atomic mass is 16.5. The third kappa shape index (κ3) is 4.81. The maximum atomic E-state index is 5.65. The highest BCUT2D eigenvalue weighted by molar-refractivity contribution is 5.19. The molecule has 1 aliphatic carbocycles. The molecular weight excluding hydrogens is 296 g/mol. The van der Waals surface area contributed by atoms with E-state index in [1.807, 2.05) is 0 Å². The van der Waals surface area contributed by atoms with Crippen LogP contribution in [0.1, 0.15) is 64.0 Å². The second-order valence-corrected chi connectivity index (χ2v) is 8.02. The lowest BCUT2D eigenvalue weighted by atomic mass is 9.84. The molecule has 0 spiro atoms. The van der Waals surface area contributed by atoms with Crippen LogP contribution in [-0.4, -0.2) is 31.3 Å². The summed E-state index contributed by atoms with van der Waals surface area (Å²) in [7, 11) is 0. The fourth-order valence-corrected chi connectivity index (χ4v) is 4.38. The number of rotatable bonds is 6. The summed E-state index contributed by atoms with van der Waals surface area (Å²) in [4.78, 5) is 0. The van der Waals surface area contributed by atoms with E-state index in [1.54, 1.807) is 0 Å². The van der Waals surface area contributed by atoms with Gasteiger partial charge in [0.15, 0.2) is 0 Å². The van der Waals surface area contributed by atoms with Crippen LogP contribution in [0, 0.1) is 5.92 Å². The first-order valence-corrected chi connectivity index (χ1v) is 9.81. The third-order valence-electron chi connectivity index (χ3n) is 5.94. The summed E-state index contributed by atoms with van der Waals surface area (Å²) in [5.74, 6) is 0.873. The topological polar surface area (TPSA) is 33.3 Å². The molecule has 2 fully saturated rings. The van der Waals surface area contributed by atoms with E-state index >= 15 is 0 Å². The average Bonchev–Trinajstić information content (AvgIpc) is 2.62. The van der Waals surface area contributed by atoms with Crippen molar-refractivity contribution in [3.8, 4) is 0 Å². The molecule has 0 amide bonds. The number of hydrogen-bond acceptors (Lipinski definition) is 3. The van der Waals surface area contributed by atoms with E-state index < -0.39 is 0 Å². The van der Waals surface area contributed by atoms with Gasteiger partial charge in [-0.3, -0.25) is 0 Å². The molecule has 1 heterocycles. The van der Waals surface area contributed by atoms with Crippen molar-refractivity contribution in [2.45, 2.75) is 70.0 Å². The van der Waals surface area contributed by atoms with Crippen LogP contribution in [0.5, 0.6) is 0 Å². The van der Waals surface area contributed by atoms with E-state index in [-0.39, 0.29) is 5.54 Å². The molecule has 3 nitrogen and oxygen atoms in total. The lowest BCUT2D eigenvalue weighted by Gasteiger charge is -2.42. The molecule has 0 radical (unpaired) electrons. The zero-order valence-corrected chi connectivity index (χ0v) is 15.4. The molecule has 1 aliphatic heterocycles. The highest BCUT2D eigenvalue weighted by Crippen LogP contribution is 2.27. The lowest BCUT2D eigenvalue weighted by Crippen LogP contribution is -2.57. The van der Waals surface area contributed by atoms with Crippen molar-refractivity contribution in [3.05, 3.63) is 35.9 Å². The van der Waals surface area contributed by atoms with Gasteiger partial charge in [-0.1, -0.05) is 50.1 Å². The van der Waals surface area contributed by atoms with E-state index in [4.69, 9.17) is 4.74 Å². The summed E-state index contributed by atoms with van der Waals surface area (Å²) in [6.07, 6.45) is 7.65. The molecule has 1 aromatic carbocycles. The zero-order chi connectivity index (χ0) is 16.8. The van der Waals surface area contributed by atoms with Crippen molar-refractivity contribution in [2.75, 3.05) is 19.8 Å². The largest absolute Gasteiger partial charge is 0.381 e. The summed E-state index contributed by atoms with van der Waals surface area (Å²) in [5.41, 5.74) is 1.53. The smallest absolute Gasteiger partial charge is 0.0484 e. The molecule has 3 heteroatoms. The van der Waals surface area contributed by atoms with Gasteiger partial charge in [0, 0.05) is 37.4 Å². The molecule has 134 valence electrons. The van der Waals surface area contributed by atoms with Crippen molar-refractivity contribution in [3.63, 3.8) is 0 Å². The summed E-state index contributed by atoms with van der Waals surface area (Å²) in [5, 5.41) is 7.86. The SMILES string of the molecule is C[C@@H]1CCC[C@H](NCC2(N[C@H](C)c3ccccc3)CCOCC2)C1. The summed E-state index contributed by atoms with van der Waals surface area (Å²) in [6.45, 7) is 7.49. The van der Waals surface area contributed by atoms with Gasteiger partial charge in [-0.2, -0.15) is 0 Å². The van der Waals surface area contributed by atoms with Crippen molar-refractivity contribution in [2.24, 2.45) is 5.92 Å². The normalized spacial score (nSPS) is 28.4. The first-order chi connectivity index (χ1) is 11.7. The molecular formula is C21H34N2O. The first kappa shape index (κ1) is 17.9. The second-order valence-electron chi connectivity index (χ2n) is 8.02. The quantitative estimate of drug-likeness (QED) is 0.825. The van der Waals surface area contributed by atoms with E-state index in [0.29, 0.717) is 12.1 Å². The molecule has 3 rings (SSSR count). The van der Waals surface area contributed by atoms with Crippen molar-refractivity contribution < 1.29 is 4.74 Å². The van der Waals surface area contributed by atoms with Crippen LogP contribution in [0.3, 0.4) is 0 Å². The minimum atomic E-state index is 0.161. The van der Waals surface area contributed by atoms with Gasteiger partial charge in [-0.25, -0.2) is 0 Å². The first-order valence-electron chi connectivity index (χ1n) is 9.81. The molecule has 2 aliphatic rings. The van der Waals surface area contributed by atoms with Crippen molar-refractivity contribution >= 4 is 0 Å². The Balaban J connectivity index is 1.61. The monoisotopic (exact) mass is 330 g/mol. The molecule has 3 atom stereocenters. The zero-order valence-electron chi connectivity index (χ0n) is 15.4. The van der Waals surface area contributed by atoms with Crippen LogP contribution < -0.4 is 10.6 Å². The molecule has 0 aromatic heterocycles. The molecule has 0 bridgehead atoms. The third-order valence-corrected chi connectivity index (χ3v) is 5.94. The van der Waals surface area contributed by atoms with E-state index in [0.717, 1.165) is 38.5 Å². The predicted octanol–water partition coefficient (Wildman–Crippen LogP) is 4.05. The van der Waals surface area contributed by atoms with E-state index in [9.17, 15) is 0 Å². The Labute approximate surface area is 147 Å². The molecule has 1 aromatic rings. The van der Waals surface area contributed by atoms with Gasteiger partial charge in [0.25, 0.3) is 0 Å². The Morgan fingerprint density at radius 1 is 1.17 bits per heavy atom.